The van der Waals surface area contributed by atoms with Gasteiger partial charge in [0.05, 0.1) is 4.92 Å². The number of thiocarbonyl (C=S) groups is 1. The minimum Gasteiger partial charge on any atom is -0.361 e. The van der Waals surface area contributed by atoms with Crippen LogP contribution in [0.2, 0.25) is 0 Å². The molecule has 0 heterocycles. The summed E-state index contributed by atoms with van der Waals surface area (Å²) >= 11 is 5.10. The molecule has 0 fully saturated rings. The third-order valence-corrected chi connectivity index (χ3v) is 3.79. The number of nitro benzene ring substituents is 1. The van der Waals surface area contributed by atoms with E-state index in [-0.39, 0.29) is 5.69 Å². The molecule has 0 bridgehead atoms. The van der Waals surface area contributed by atoms with Crippen molar-refractivity contribution in [2.45, 2.75) is 39.5 Å². The minimum absolute atomic E-state index is 0.0613. The molecular formula is C16H24N4O3S. The molecule has 0 aliphatic heterocycles. The van der Waals surface area contributed by atoms with Gasteiger partial charge in [-0.05, 0) is 36.7 Å². The lowest BCUT2D eigenvalue weighted by atomic mass is 10.0. The molecule has 0 unspecified atom stereocenters. The summed E-state index contributed by atoms with van der Waals surface area (Å²) in [6.07, 6.45) is 4.78. The van der Waals surface area contributed by atoms with Crippen LogP contribution in [0.1, 0.15) is 49.9 Å². The second-order valence-electron chi connectivity index (χ2n) is 5.69. The number of rotatable bonds is 8. The molecule has 3 N–H and O–H groups in total. The van der Waals surface area contributed by atoms with Gasteiger partial charge in [-0.3, -0.25) is 25.8 Å². The summed E-state index contributed by atoms with van der Waals surface area (Å²) in [5, 5.41) is 14.0. The Bertz CT molecular complexity index is 563. The number of benzene rings is 1. The van der Waals surface area contributed by atoms with Gasteiger partial charge in [0, 0.05) is 24.2 Å². The predicted molar refractivity (Wildman–Crippen MR) is 97.6 cm³/mol. The van der Waals surface area contributed by atoms with Gasteiger partial charge in [-0.25, -0.2) is 0 Å². The molecule has 0 aliphatic carbocycles. The first kappa shape index (κ1) is 19.8. The van der Waals surface area contributed by atoms with Gasteiger partial charge in [0.2, 0.25) is 0 Å². The van der Waals surface area contributed by atoms with Crippen LogP contribution < -0.4 is 16.2 Å². The highest BCUT2D eigenvalue weighted by molar-refractivity contribution is 7.80. The van der Waals surface area contributed by atoms with E-state index < -0.39 is 10.8 Å². The summed E-state index contributed by atoms with van der Waals surface area (Å²) in [4.78, 5) is 22.0. The minimum atomic E-state index is -0.513. The summed E-state index contributed by atoms with van der Waals surface area (Å²) in [6.45, 7) is 5.07. The Morgan fingerprint density at radius 1 is 1.25 bits per heavy atom. The van der Waals surface area contributed by atoms with Crippen molar-refractivity contribution in [2.24, 2.45) is 5.92 Å². The molecular weight excluding hydrogens is 328 g/mol. The van der Waals surface area contributed by atoms with Crippen LogP contribution in [-0.4, -0.2) is 22.5 Å². The van der Waals surface area contributed by atoms with Crippen molar-refractivity contribution >= 4 is 28.9 Å². The average Bonchev–Trinajstić information content (AvgIpc) is 2.58. The van der Waals surface area contributed by atoms with Gasteiger partial charge in [0.25, 0.3) is 11.6 Å². The largest absolute Gasteiger partial charge is 0.361 e. The van der Waals surface area contributed by atoms with Gasteiger partial charge >= 0.3 is 0 Å². The quantitative estimate of drug-likeness (QED) is 0.288. The fraction of sp³-hybridized carbons (Fsp3) is 0.500. The number of nitrogens with zero attached hydrogens (tertiary/aromatic N) is 1. The molecule has 0 aliphatic rings. The summed E-state index contributed by atoms with van der Waals surface area (Å²) in [6, 6.07) is 5.34. The van der Waals surface area contributed by atoms with Crippen LogP contribution in [0.3, 0.4) is 0 Å². The van der Waals surface area contributed by atoms with Gasteiger partial charge in [0.1, 0.15) is 0 Å². The molecule has 1 rings (SSSR count). The van der Waals surface area contributed by atoms with E-state index >= 15 is 0 Å². The predicted octanol–water partition coefficient (Wildman–Crippen LogP) is 2.92. The molecule has 0 spiro atoms. The molecule has 0 saturated heterocycles. The summed E-state index contributed by atoms with van der Waals surface area (Å²) in [5.74, 6) is 0.0896. The molecule has 24 heavy (non-hydrogen) atoms. The normalized spacial score (nSPS) is 11.4. The fourth-order valence-corrected chi connectivity index (χ4v) is 2.21. The molecule has 1 amide bonds. The molecule has 1 aromatic rings. The van der Waals surface area contributed by atoms with E-state index in [9.17, 15) is 14.9 Å². The van der Waals surface area contributed by atoms with Crippen LogP contribution in [0.25, 0.3) is 0 Å². The Kier molecular flexibility index (Phi) is 8.70. The number of nitrogens with one attached hydrogen (secondary N) is 3. The first-order chi connectivity index (χ1) is 11.4. The third-order valence-electron chi connectivity index (χ3n) is 3.54. The number of nitro groups is 1. The molecule has 7 nitrogen and oxygen atoms in total. The van der Waals surface area contributed by atoms with Crippen molar-refractivity contribution in [3.8, 4) is 0 Å². The lowest BCUT2D eigenvalue weighted by Gasteiger charge is -2.15. The summed E-state index contributed by atoms with van der Waals surface area (Å²) in [7, 11) is 0. The molecule has 1 aromatic carbocycles. The molecule has 1 atom stereocenters. The Hall–Kier alpha value is -2.22. The highest BCUT2D eigenvalue weighted by Gasteiger charge is 2.09. The van der Waals surface area contributed by atoms with Crippen molar-refractivity contribution in [3.05, 3.63) is 39.9 Å². The van der Waals surface area contributed by atoms with Gasteiger partial charge in [0.15, 0.2) is 5.11 Å². The van der Waals surface area contributed by atoms with Crippen LogP contribution in [0.15, 0.2) is 24.3 Å². The van der Waals surface area contributed by atoms with E-state index in [4.69, 9.17) is 12.2 Å². The lowest BCUT2D eigenvalue weighted by Crippen LogP contribution is -2.47. The molecule has 0 saturated carbocycles. The monoisotopic (exact) mass is 352 g/mol. The summed E-state index contributed by atoms with van der Waals surface area (Å²) < 4.78 is 0. The number of hydrazine groups is 1. The Morgan fingerprint density at radius 2 is 1.92 bits per heavy atom. The number of carbonyl (C=O) groups is 1. The van der Waals surface area contributed by atoms with E-state index in [0.717, 1.165) is 13.0 Å². The van der Waals surface area contributed by atoms with Crippen LogP contribution in [0.5, 0.6) is 0 Å². The number of amides is 1. The van der Waals surface area contributed by atoms with Crippen LogP contribution in [0, 0.1) is 16.0 Å². The Morgan fingerprint density at radius 3 is 2.50 bits per heavy atom. The number of hydrogen-bond donors (Lipinski definition) is 3. The first-order valence-corrected chi connectivity index (χ1v) is 8.43. The van der Waals surface area contributed by atoms with Crippen LogP contribution >= 0.6 is 12.2 Å². The van der Waals surface area contributed by atoms with E-state index in [1.807, 2.05) is 0 Å². The SMILES string of the molecule is CCCCC[C@@H](C)CNC(=S)NNC(=O)c1ccc([N+](=O)[O-])cc1. The molecule has 0 aromatic heterocycles. The maximum atomic E-state index is 11.9. The van der Waals surface area contributed by atoms with Gasteiger partial charge in [-0.15, -0.1) is 0 Å². The molecule has 0 radical (unpaired) electrons. The second kappa shape index (κ2) is 10.5. The van der Waals surface area contributed by atoms with E-state index in [1.165, 1.54) is 43.5 Å². The highest BCUT2D eigenvalue weighted by atomic mass is 32.1. The molecule has 132 valence electrons. The van der Waals surface area contributed by atoms with Crippen molar-refractivity contribution in [1.82, 2.24) is 16.2 Å². The zero-order chi connectivity index (χ0) is 17.9. The van der Waals surface area contributed by atoms with Crippen LogP contribution in [-0.2, 0) is 0 Å². The maximum absolute atomic E-state index is 11.9. The highest BCUT2D eigenvalue weighted by Crippen LogP contribution is 2.11. The Balaban J connectivity index is 2.30. The van der Waals surface area contributed by atoms with Crippen molar-refractivity contribution in [2.75, 3.05) is 6.54 Å². The standard InChI is InChI=1S/C16H24N4O3S/c1-3-4-5-6-12(2)11-17-16(24)19-18-15(21)13-7-9-14(10-8-13)20(22)23/h7-10,12H,3-6,11H2,1-2H3,(H,18,21)(H2,17,19,24)/t12-/m1/s1. The van der Waals surface area contributed by atoms with Gasteiger partial charge < -0.3 is 5.32 Å². The zero-order valence-electron chi connectivity index (χ0n) is 14.0. The van der Waals surface area contributed by atoms with Crippen molar-refractivity contribution < 1.29 is 9.72 Å². The molecule has 8 heteroatoms. The number of hydrogen-bond acceptors (Lipinski definition) is 4. The van der Waals surface area contributed by atoms with Gasteiger partial charge in [-0.1, -0.05) is 33.1 Å². The van der Waals surface area contributed by atoms with Gasteiger partial charge in [-0.2, -0.15) is 0 Å². The topological polar surface area (TPSA) is 96.3 Å². The lowest BCUT2D eigenvalue weighted by molar-refractivity contribution is -0.384. The number of non-ortho nitro benzene ring substituents is 1. The van der Waals surface area contributed by atoms with Crippen molar-refractivity contribution in [1.29, 1.82) is 0 Å². The first-order valence-electron chi connectivity index (χ1n) is 8.02. The van der Waals surface area contributed by atoms with E-state index in [2.05, 4.69) is 30.0 Å². The summed E-state index contributed by atoms with van der Waals surface area (Å²) in [5.41, 5.74) is 5.34. The Labute approximate surface area is 147 Å². The fourth-order valence-electron chi connectivity index (χ4n) is 2.08. The second-order valence-corrected chi connectivity index (χ2v) is 6.10. The van der Waals surface area contributed by atoms with E-state index in [0.29, 0.717) is 16.6 Å². The number of carbonyl (C=O) groups excluding carboxylic acids is 1. The average molecular weight is 352 g/mol. The van der Waals surface area contributed by atoms with E-state index in [1.54, 1.807) is 0 Å². The number of unbranched alkanes of at least 4 members (excludes halogenated alkanes) is 2. The smallest absolute Gasteiger partial charge is 0.269 e. The third kappa shape index (κ3) is 7.36. The zero-order valence-corrected chi connectivity index (χ0v) is 14.8. The maximum Gasteiger partial charge on any atom is 0.269 e. The van der Waals surface area contributed by atoms with Crippen LogP contribution in [0.4, 0.5) is 5.69 Å². The van der Waals surface area contributed by atoms with Crippen molar-refractivity contribution in [3.63, 3.8) is 0 Å².